The number of hydrogen-bond acceptors (Lipinski definition) is 10. The van der Waals surface area contributed by atoms with Crippen LogP contribution in [0.3, 0.4) is 0 Å². The second kappa shape index (κ2) is 17.7. The Balaban J connectivity index is 1.06. The van der Waals surface area contributed by atoms with Crippen molar-refractivity contribution in [3.63, 3.8) is 0 Å². The van der Waals surface area contributed by atoms with Crippen LogP contribution in [0.15, 0.2) is 35.9 Å². The smallest absolute Gasteiger partial charge is 0.408 e. The lowest BCUT2D eigenvalue weighted by Gasteiger charge is -2.29. The van der Waals surface area contributed by atoms with Crippen LogP contribution in [0.1, 0.15) is 83.7 Å². The van der Waals surface area contributed by atoms with Crippen LogP contribution in [-0.4, -0.2) is 120 Å². The second-order valence-electron chi connectivity index (χ2n) is 17.4. The van der Waals surface area contributed by atoms with Gasteiger partial charge in [0.15, 0.2) is 0 Å². The molecule has 2 aromatic rings. The molecule has 8 rings (SSSR count). The number of hydrogen-bond donors (Lipinski definition) is 3. The minimum absolute atomic E-state index is 0.0256. The van der Waals surface area contributed by atoms with Gasteiger partial charge in [0, 0.05) is 43.4 Å². The molecule has 0 spiro atoms. The van der Waals surface area contributed by atoms with Crippen molar-refractivity contribution in [2.45, 2.75) is 108 Å². The van der Waals surface area contributed by atoms with Gasteiger partial charge in [0.1, 0.15) is 53.0 Å². The molecule has 3 aliphatic heterocycles. The molecule has 5 fully saturated rings. The van der Waals surface area contributed by atoms with Gasteiger partial charge >= 0.3 is 12.1 Å². The summed E-state index contributed by atoms with van der Waals surface area (Å²) in [7, 11) is 0. The van der Waals surface area contributed by atoms with Crippen LogP contribution >= 0.6 is 11.6 Å². The molecule has 14 nitrogen and oxygen atoms in total. The number of alkyl carbamates (subject to hydrolysis) is 1. The summed E-state index contributed by atoms with van der Waals surface area (Å²) < 4.78 is 24.1. The van der Waals surface area contributed by atoms with E-state index in [0.717, 1.165) is 57.3 Å². The predicted octanol–water partition coefficient (Wildman–Crippen LogP) is 5.74. The maximum absolute atomic E-state index is 14.6. The molecule has 1 aromatic heterocycles. The van der Waals surface area contributed by atoms with Gasteiger partial charge in [-0.05, 0) is 88.8 Å². The number of carbonyl (C=O) groups is 4. The molecule has 59 heavy (non-hydrogen) atoms. The second-order valence-corrected chi connectivity index (χ2v) is 17.8. The monoisotopic (exact) mass is 833 g/mol. The van der Waals surface area contributed by atoms with E-state index in [0.29, 0.717) is 77.6 Å². The lowest BCUT2D eigenvalue weighted by atomic mass is 10.0. The molecule has 3 amide bonds. The maximum atomic E-state index is 14.6. The van der Waals surface area contributed by atoms with Crippen molar-refractivity contribution in [2.75, 3.05) is 46.0 Å². The summed E-state index contributed by atoms with van der Waals surface area (Å²) in [6, 6.07) is 3.47. The first-order valence-corrected chi connectivity index (χ1v) is 21.7. The number of benzene rings is 1. The van der Waals surface area contributed by atoms with Crippen LogP contribution in [0, 0.1) is 17.8 Å². The van der Waals surface area contributed by atoms with E-state index in [1.54, 1.807) is 6.07 Å². The van der Waals surface area contributed by atoms with Crippen LogP contribution in [0.4, 0.5) is 4.79 Å². The molecular formula is C44H56ClN5O9. The maximum Gasteiger partial charge on any atom is 0.408 e. The topological polar surface area (TPSA) is 169 Å². The fraction of sp³-hybridized carbons (Fsp3) is 0.614. The first-order valence-electron chi connectivity index (χ1n) is 21.3. The van der Waals surface area contributed by atoms with Crippen molar-refractivity contribution in [3.05, 3.63) is 46.6 Å². The zero-order valence-corrected chi connectivity index (χ0v) is 34.7. The highest BCUT2D eigenvalue weighted by Gasteiger charge is 2.61. The third-order valence-corrected chi connectivity index (χ3v) is 13.1. The Labute approximate surface area is 350 Å². The van der Waals surface area contributed by atoms with E-state index in [-0.39, 0.29) is 31.4 Å². The number of ether oxygens (including phenoxy) is 4. The number of carbonyl (C=O) groups excluding carboxylic acids is 3. The first-order chi connectivity index (χ1) is 28.5. The average molecular weight is 834 g/mol. The van der Waals surface area contributed by atoms with Gasteiger partial charge in [0.05, 0.1) is 31.0 Å². The van der Waals surface area contributed by atoms with Crippen molar-refractivity contribution in [1.29, 1.82) is 0 Å². The fourth-order valence-electron chi connectivity index (χ4n) is 9.33. The Hall–Kier alpha value is -4.40. The van der Waals surface area contributed by atoms with Gasteiger partial charge in [-0.2, -0.15) is 0 Å². The number of carboxylic acids is 1. The summed E-state index contributed by atoms with van der Waals surface area (Å²) in [5.41, 5.74) is 0.651. The number of amides is 3. The first kappa shape index (κ1) is 41.3. The van der Waals surface area contributed by atoms with Crippen molar-refractivity contribution in [3.8, 4) is 11.5 Å². The SMILES string of the molecule is CC(C)=Cc1cc(O[C@@H]2C[C@H]3C(=O)N[C@]4(C(=O)O)C[C@@H]4/C=C\CCCCC[C@H](NC(=O)OC4C[C@@H]5C[C@@H]5C4)C(=O)N3C2)c2ccc(OCCN3CCOCC3)c(Cl)c2n1. The highest BCUT2D eigenvalue weighted by atomic mass is 35.5. The van der Waals surface area contributed by atoms with Gasteiger partial charge in [-0.25, -0.2) is 14.6 Å². The quantitative estimate of drug-likeness (QED) is 0.250. The van der Waals surface area contributed by atoms with Gasteiger partial charge in [0.2, 0.25) is 11.8 Å². The van der Waals surface area contributed by atoms with Crippen molar-refractivity contribution in [1.82, 2.24) is 25.4 Å². The van der Waals surface area contributed by atoms with Crippen LogP contribution < -0.4 is 20.1 Å². The van der Waals surface area contributed by atoms with E-state index in [2.05, 4.69) is 15.5 Å². The minimum atomic E-state index is -1.45. The molecule has 0 bridgehead atoms. The Morgan fingerprint density at radius 3 is 2.63 bits per heavy atom. The Morgan fingerprint density at radius 1 is 1.07 bits per heavy atom. The molecule has 1 aromatic carbocycles. The molecule has 3 saturated carbocycles. The molecule has 2 saturated heterocycles. The number of aliphatic carboxylic acids is 1. The number of nitrogens with zero attached hydrogens (tertiary/aromatic N) is 3. The van der Waals surface area contributed by atoms with E-state index in [1.165, 1.54) is 11.3 Å². The number of allylic oxidation sites excluding steroid dienone is 2. The summed E-state index contributed by atoms with van der Waals surface area (Å²) in [5, 5.41) is 17.0. The zero-order valence-electron chi connectivity index (χ0n) is 34.0. The van der Waals surface area contributed by atoms with Crippen LogP contribution in [0.25, 0.3) is 17.0 Å². The minimum Gasteiger partial charge on any atom is -0.491 e. The molecule has 0 radical (unpaired) electrons. The van der Waals surface area contributed by atoms with Crippen LogP contribution in [-0.2, 0) is 23.9 Å². The molecule has 8 atom stereocenters. The number of aromatic nitrogens is 1. The zero-order chi connectivity index (χ0) is 41.3. The number of carboxylic acid groups (broad SMARTS) is 1. The molecule has 6 aliphatic rings. The average Bonchev–Trinajstić information content (AvgIpc) is 4.00. The number of pyridine rings is 1. The Morgan fingerprint density at radius 2 is 1.86 bits per heavy atom. The largest absolute Gasteiger partial charge is 0.491 e. The third kappa shape index (κ3) is 9.49. The number of fused-ring (bicyclic) bond motifs is 4. The lowest BCUT2D eigenvalue weighted by Crippen LogP contribution is -2.56. The van der Waals surface area contributed by atoms with Gasteiger partial charge in [-0.1, -0.05) is 42.2 Å². The van der Waals surface area contributed by atoms with E-state index in [9.17, 15) is 24.3 Å². The number of morpholine rings is 1. The van der Waals surface area contributed by atoms with Gasteiger partial charge in [0.25, 0.3) is 0 Å². The van der Waals surface area contributed by atoms with E-state index in [1.807, 2.05) is 44.2 Å². The highest BCUT2D eigenvalue weighted by Crippen LogP contribution is 2.52. The third-order valence-electron chi connectivity index (χ3n) is 12.8. The van der Waals surface area contributed by atoms with Crippen LogP contribution in [0.2, 0.25) is 5.02 Å². The highest BCUT2D eigenvalue weighted by molar-refractivity contribution is 6.36. The molecule has 15 heteroatoms. The van der Waals surface area contributed by atoms with Gasteiger partial charge < -0.3 is 39.6 Å². The van der Waals surface area contributed by atoms with E-state index in [4.69, 9.17) is 35.5 Å². The van der Waals surface area contributed by atoms with E-state index < -0.39 is 47.6 Å². The number of nitrogens with one attached hydrogen (secondary N) is 2. The molecule has 3 aliphatic carbocycles. The Bertz CT molecular complexity index is 1990. The molecule has 1 unspecified atom stereocenters. The summed E-state index contributed by atoms with van der Waals surface area (Å²) in [6.45, 7) is 8.21. The standard InChI is InChI=1S/C44H56ClN5O9/c1-26(2)18-30-22-37(33-10-11-36(38(45)39(33)46-30)57-17-14-49-12-15-56-16-13-49)58-32-23-35-40(51)48-44(42(53)54)24-29(44)8-6-4-3-5-7-9-34(41(52)50(35)25-32)47-43(55)59-31-20-27-19-28(27)21-31/h6,8,10-11,18,22,27-29,31-32,34-35H,3-5,7,9,12-17,19-21,23-25H2,1-2H3,(H,47,55)(H,48,51)(H,53,54)/b8-6-/t27-,28+,29-,31?,32+,34-,35-,44+/m0/s1. The van der Waals surface area contributed by atoms with Crippen LogP contribution in [0.5, 0.6) is 11.5 Å². The normalized spacial score (nSPS) is 31.4. The van der Waals surface area contributed by atoms with Crippen molar-refractivity contribution in [2.24, 2.45) is 17.8 Å². The number of halogens is 1. The molecule has 3 N–H and O–H groups in total. The van der Waals surface area contributed by atoms with E-state index >= 15 is 0 Å². The fourth-order valence-corrected chi connectivity index (χ4v) is 9.59. The summed E-state index contributed by atoms with van der Waals surface area (Å²) in [4.78, 5) is 63.4. The van der Waals surface area contributed by atoms with Crippen molar-refractivity contribution >= 4 is 52.5 Å². The summed E-state index contributed by atoms with van der Waals surface area (Å²) in [5.74, 6) is -0.270. The molecule has 4 heterocycles. The predicted molar refractivity (Wildman–Crippen MR) is 220 cm³/mol. The van der Waals surface area contributed by atoms with Gasteiger partial charge in [-0.3, -0.25) is 14.5 Å². The number of rotatable bonds is 10. The summed E-state index contributed by atoms with van der Waals surface area (Å²) >= 11 is 7.00. The molecular weight excluding hydrogens is 778 g/mol. The van der Waals surface area contributed by atoms with Crippen molar-refractivity contribution < 1.29 is 43.2 Å². The Kier molecular flexibility index (Phi) is 12.4. The molecule has 318 valence electrons. The van der Waals surface area contributed by atoms with Gasteiger partial charge in [-0.15, -0.1) is 0 Å². The lowest BCUT2D eigenvalue weighted by molar-refractivity contribution is -0.145. The summed E-state index contributed by atoms with van der Waals surface area (Å²) in [6.07, 6.45) is 11.0.